The predicted molar refractivity (Wildman–Crippen MR) is 119 cm³/mol. The summed E-state index contributed by atoms with van der Waals surface area (Å²) in [6.07, 6.45) is -7.18. The first-order valence-electron chi connectivity index (χ1n) is 11.2. The summed E-state index contributed by atoms with van der Waals surface area (Å²) in [5.74, 6) is -0.00251. The van der Waals surface area contributed by atoms with E-state index in [-0.39, 0.29) is 48.0 Å². The molecule has 0 saturated carbocycles. The number of hydrogen-bond donors (Lipinski definition) is 4. The summed E-state index contributed by atoms with van der Waals surface area (Å²) in [5, 5.41) is 33.2. The van der Waals surface area contributed by atoms with Crippen LogP contribution >= 0.6 is 0 Å². The predicted octanol–water partition coefficient (Wildman–Crippen LogP) is 2.13. The van der Waals surface area contributed by atoms with Crippen LogP contribution in [0.5, 0.6) is 11.6 Å². The molecule has 0 spiro atoms. The highest BCUT2D eigenvalue weighted by atomic mass is 19.4. The fraction of sp³-hybridized carbons (Fsp3) is 0.500. The molecule has 1 saturated heterocycles. The van der Waals surface area contributed by atoms with Crippen LogP contribution in [-0.4, -0.2) is 72.2 Å². The quantitative estimate of drug-likeness (QED) is 0.336. The zero-order valence-electron chi connectivity index (χ0n) is 19.4. The maximum atomic E-state index is 12.4. The van der Waals surface area contributed by atoms with E-state index in [0.29, 0.717) is 12.0 Å². The molecule has 196 valence electrons. The monoisotopic (exact) mass is 513 g/mol. The summed E-state index contributed by atoms with van der Waals surface area (Å²) < 4.78 is 54.0. The number of hydrogen-bond acceptors (Lipinski definition) is 10. The van der Waals surface area contributed by atoms with Gasteiger partial charge in [0, 0.05) is 12.6 Å². The van der Waals surface area contributed by atoms with Crippen molar-refractivity contribution in [3.05, 3.63) is 36.2 Å². The van der Waals surface area contributed by atoms with Gasteiger partial charge in [-0.3, -0.25) is 4.57 Å². The second-order valence-electron chi connectivity index (χ2n) is 8.41. The van der Waals surface area contributed by atoms with Crippen LogP contribution in [0.4, 0.5) is 19.1 Å². The van der Waals surface area contributed by atoms with Crippen LogP contribution in [0.15, 0.2) is 30.6 Å². The Kier molecular flexibility index (Phi) is 7.49. The van der Waals surface area contributed by atoms with Crippen molar-refractivity contribution in [2.75, 3.05) is 11.9 Å². The summed E-state index contributed by atoms with van der Waals surface area (Å²) in [7, 11) is 0. The first-order valence-corrected chi connectivity index (χ1v) is 11.2. The lowest BCUT2D eigenvalue weighted by Gasteiger charge is -2.21. The van der Waals surface area contributed by atoms with Gasteiger partial charge < -0.3 is 34.8 Å². The molecule has 36 heavy (non-hydrogen) atoms. The Labute approximate surface area is 203 Å². The Morgan fingerprint density at radius 3 is 2.50 bits per heavy atom. The highest BCUT2D eigenvalue weighted by Crippen LogP contribution is 2.36. The molecular formula is C22H26F3N5O6. The zero-order valence-corrected chi connectivity index (χ0v) is 19.4. The lowest BCUT2D eigenvalue weighted by Crippen LogP contribution is -2.31. The van der Waals surface area contributed by atoms with Crippen LogP contribution in [0.25, 0.3) is 11.2 Å². The number of anilines is 1. The Bertz CT molecular complexity index is 1180. The van der Waals surface area contributed by atoms with Gasteiger partial charge in [-0.05, 0) is 38.0 Å². The molecule has 0 bridgehead atoms. The molecule has 4 N–H and O–H groups in total. The normalized spacial score (nSPS) is 23.1. The third-order valence-electron chi connectivity index (χ3n) is 5.65. The second-order valence-corrected chi connectivity index (χ2v) is 8.41. The molecule has 1 aromatic carbocycles. The molecule has 3 aromatic rings. The van der Waals surface area contributed by atoms with Crippen molar-refractivity contribution in [1.82, 2.24) is 19.5 Å². The van der Waals surface area contributed by atoms with E-state index >= 15 is 0 Å². The van der Waals surface area contributed by atoms with E-state index in [1.165, 1.54) is 35.2 Å². The van der Waals surface area contributed by atoms with E-state index in [4.69, 9.17) is 9.47 Å². The molecule has 1 unspecified atom stereocenters. The third-order valence-corrected chi connectivity index (χ3v) is 5.65. The van der Waals surface area contributed by atoms with Crippen molar-refractivity contribution in [2.24, 2.45) is 0 Å². The largest absolute Gasteiger partial charge is 0.573 e. The number of benzene rings is 1. The van der Waals surface area contributed by atoms with Gasteiger partial charge in [0.1, 0.15) is 30.9 Å². The summed E-state index contributed by atoms with van der Waals surface area (Å²) in [4.78, 5) is 12.9. The summed E-state index contributed by atoms with van der Waals surface area (Å²) in [6.45, 7) is 3.36. The van der Waals surface area contributed by atoms with Gasteiger partial charge in [0.15, 0.2) is 17.4 Å². The average molecular weight is 513 g/mol. The molecule has 1 fully saturated rings. The number of nitrogens with zero attached hydrogens (tertiary/aromatic N) is 4. The first kappa shape index (κ1) is 25.9. The van der Waals surface area contributed by atoms with Crippen molar-refractivity contribution >= 4 is 17.1 Å². The highest BCUT2D eigenvalue weighted by Gasteiger charge is 2.43. The minimum absolute atomic E-state index is 0.0345. The van der Waals surface area contributed by atoms with Crippen LogP contribution in [0.2, 0.25) is 0 Å². The maximum Gasteiger partial charge on any atom is 0.573 e. The van der Waals surface area contributed by atoms with E-state index in [9.17, 15) is 28.5 Å². The van der Waals surface area contributed by atoms with Gasteiger partial charge in [0.05, 0.1) is 6.10 Å². The fourth-order valence-electron chi connectivity index (χ4n) is 3.80. The second kappa shape index (κ2) is 10.4. The van der Waals surface area contributed by atoms with Crippen molar-refractivity contribution in [1.29, 1.82) is 0 Å². The van der Waals surface area contributed by atoms with Crippen molar-refractivity contribution in [3.63, 3.8) is 0 Å². The molecule has 5 atom stereocenters. The molecule has 3 heterocycles. The van der Waals surface area contributed by atoms with E-state index in [0.717, 1.165) is 0 Å². The van der Waals surface area contributed by atoms with Crippen molar-refractivity contribution in [2.45, 2.75) is 63.8 Å². The van der Waals surface area contributed by atoms with Crippen LogP contribution in [0.3, 0.4) is 0 Å². The van der Waals surface area contributed by atoms with E-state index in [2.05, 4.69) is 25.0 Å². The van der Waals surface area contributed by atoms with Gasteiger partial charge in [-0.2, -0.15) is 4.98 Å². The number of aliphatic hydroxyl groups is 3. The van der Waals surface area contributed by atoms with E-state index < -0.39 is 30.9 Å². The molecule has 14 heteroatoms. The number of aliphatic hydroxyl groups excluding tert-OH is 3. The van der Waals surface area contributed by atoms with Crippen molar-refractivity contribution < 1.29 is 42.7 Å². The maximum absolute atomic E-state index is 12.4. The van der Waals surface area contributed by atoms with Crippen LogP contribution in [0.1, 0.15) is 32.1 Å². The number of alkyl halides is 3. The van der Waals surface area contributed by atoms with Gasteiger partial charge in [-0.15, -0.1) is 13.2 Å². The van der Waals surface area contributed by atoms with Gasteiger partial charge >= 0.3 is 6.36 Å². The number of halogens is 3. The minimum atomic E-state index is -4.78. The van der Waals surface area contributed by atoms with Crippen molar-refractivity contribution in [3.8, 4) is 11.6 Å². The van der Waals surface area contributed by atoms with Gasteiger partial charge in [-0.1, -0.05) is 12.1 Å². The smallest absolute Gasteiger partial charge is 0.471 e. The number of nitrogens with one attached hydrogen (secondary N) is 1. The topological polar surface area (TPSA) is 144 Å². The average Bonchev–Trinajstić information content (AvgIpc) is 3.29. The number of fused-ring (bicyclic) bond motifs is 1. The highest BCUT2D eigenvalue weighted by molar-refractivity contribution is 5.79. The lowest BCUT2D eigenvalue weighted by atomic mass is 10.1. The first-order chi connectivity index (χ1) is 17.1. The number of ether oxygens (including phenoxy) is 3. The molecule has 0 aliphatic carbocycles. The fourth-order valence-corrected chi connectivity index (χ4v) is 3.80. The molecule has 0 radical (unpaired) electrons. The molecule has 4 rings (SSSR count). The standard InChI is InChI=1S/C22H26F3N5O6/c1-11(7-8-31)28-21-29-15-18(30(21)20-17(33)16(32)12(2)35-20)26-10-27-19(15)34-9-13-3-5-14(6-4-13)36-22(23,24)25/h3-6,10-12,16-17,20,31-33H,7-9H2,1-2H3,(H,28,29)/t11?,12-,16-,17-,20-/m1/s1. The Balaban J connectivity index is 1.62. The van der Waals surface area contributed by atoms with Gasteiger partial charge in [-0.25, -0.2) is 9.97 Å². The lowest BCUT2D eigenvalue weighted by molar-refractivity contribution is -0.274. The van der Waals surface area contributed by atoms with Gasteiger partial charge in [0.2, 0.25) is 11.8 Å². The number of imidazole rings is 1. The Hall–Kier alpha value is -3.20. The molecule has 11 nitrogen and oxygen atoms in total. The SMILES string of the molecule is CC(CCO)Nc1nc2c(OCc3ccc(OC(F)(F)F)cc3)ncnc2n1[C@@H]1O[C@H](C)[C@@H](O)[C@H]1O. The third kappa shape index (κ3) is 5.61. The summed E-state index contributed by atoms with van der Waals surface area (Å²) in [6, 6.07) is 4.99. The number of aromatic nitrogens is 4. The number of rotatable bonds is 9. The molecular weight excluding hydrogens is 487 g/mol. The molecule has 1 aliphatic rings. The van der Waals surface area contributed by atoms with Crippen LogP contribution in [-0.2, 0) is 11.3 Å². The molecule has 2 aromatic heterocycles. The summed E-state index contributed by atoms with van der Waals surface area (Å²) >= 11 is 0. The minimum Gasteiger partial charge on any atom is -0.471 e. The Morgan fingerprint density at radius 1 is 1.17 bits per heavy atom. The van der Waals surface area contributed by atoms with Crippen LogP contribution < -0.4 is 14.8 Å². The van der Waals surface area contributed by atoms with E-state index in [1.54, 1.807) is 6.92 Å². The summed E-state index contributed by atoms with van der Waals surface area (Å²) in [5.41, 5.74) is 1.05. The Morgan fingerprint density at radius 2 is 1.89 bits per heavy atom. The van der Waals surface area contributed by atoms with Gasteiger partial charge in [0.25, 0.3) is 0 Å². The molecule has 1 aliphatic heterocycles. The molecule has 0 amide bonds. The zero-order chi connectivity index (χ0) is 26.0. The van der Waals surface area contributed by atoms with Crippen LogP contribution in [0, 0.1) is 0 Å². The van der Waals surface area contributed by atoms with E-state index in [1.807, 2.05) is 6.92 Å².